The molecule has 3 rings (SSSR count). The highest BCUT2D eigenvalue weighted by molar-refractivity contribution is 5.59. The minimum atomic E-state index is 0.612. The zero-order valence-corrected chi connectivity index (χ0v) is 10.00. The zero-order valence-electron chi connectivity index (χ0n) is 10.00. The third kappa shape index (κ3) is 1.61. The van der Waals surface area contributed by atoms with Crippen LogP contribution in [0.3, 0.4) is 0 Å². The number of fused-ring (bicyclic) bond motifs is 1. The van der Waals surface area contributed by atoms with Crippen LogP contribution in [0, 0.1) is 0 Å². The van der Waals surface area contributed by atoms with Crippen molar-refractivity contribution < 1.29 is 0 Å². The molecule has 1 aromatic carbocycles. The van der Waals surface area contributed by atoms with E-state index in [0.29, 0.717) is 6.04 Å². The summed E-state index contributed by atoms with van der Waals surface area (Å²) in [5.41, 5.74) is 4.51. The molecule has 0 radical (unpaired) electrons. The summed E-state index contributed by atoms with van der Waals surface area (Å²) in [5, 5.41) is 3.58. The van der Waals surface area contributed by atoms with Crippen molar-refractivity contribution in [3.8, 4) is 0 Å². The van der Waals surface area contributed by atoms with Gasteiger partial charge in [-0.2, -0.15) is 0 Å². The fourth-order valence-electron chi connectivity index (χ4n) is 3.00. The first-order valence-electron chi connectivity index (χ1n) is 6.49. The van der Waals surface area contributed by atoms with E-state index in [1.165, 1.54) is 43.6 Å². The first-order chi connectivity index (χ1) is 7.88. The molecule has 0 spiro atoms. The fourth-order valence-corrected chi connectivity index (χ4v) is 3.00. The van der Waals surface area contributed by atoms with Gasteiger partial charge in [-0.25, -0.2) is 0 Å². The van der Waals surface area contributed by atoms with E-state index in [1.807, 2.05) is 0 Å². The maximum absolute atomic E-state index is 3.58. The van der Waals surface area contributed by atoms with Crippen LogP contribution in [-0.2, 0) is 6.42 Å². The predicted octanol–water partition coefficient (Wildman–Crippen LogP) is 2.49. The Bertz CT molecular complexity index is 380. The van der Waals surface area contributed by atoms with Crippen molar-refractivity contribution in [3.05, 3.63) is 29.3 Å². The summed E-state index contributed by atoms with van der Waals surface area (Å²) in [6, 6.07) is 7.67. The van der Waals surface area contributed by atoms with Crippen LogP contribution in [0.25, 0.3) is 0 Å². The molecule has 1 aromatic rings. The summed E-state index contributed by atoms with van der Waals surface area (Å²) in [6.07, 6.45) is 3.85. The van der Waals surface area contributed by atoms with Gasteiger partial charge in [-0.3, -0.25) is 0 Å². The number of hydrogen-bond acceptors (Lipinski definition) is 2. The number of likely N-dealkylation sites (N-methyl/N-ethyl adjacent to an activating group) is 1. The molecule has 2 heteroatoms. The largest absolute Gasteiger partial charge is 0.371 e. The van der Waals surface area contributed by atoms with Gasteiger partial charge in [0.25, 0.3) is 0 Å². The molecule has 0 bridgehead atoms. The van der Waals surface area contributed by atoms with E-state index in [1.54, 1.807) is 5.56 Å². The normalized spacial score (nSPS) is 23.8. The van der Waals surface area contributed by atoms with Gasteiger partial charge in [-0.15, -0.1) is 0 Å². The second-order valence-electron chi connectivity index (χ2n) is 4.87. The second kappa shape index (κ2) is 4.10. The van der Waals surface area contributed by atoms with Gasteiger partial charge in [0.15, 0.2) is 0 Å². The van der Waals surface area contributed by atoms with Gasteiger partial charge in [0, 0.05) is 24.8 Å². The maximum Gasteiger partial charge on any atom is 0.0399 e. The average molecular weight is 216 g/mol. The van der Waals surface area contributed by atoms with E-state index in [0.717, 1.165) is 6.54 Å². The minimum Gasteiger partial charge on any atom is -0.371 e. The number of nitrogens with one attached hydrogen (secondary N) is 1. The molecule has 0 amide bonds. The first-order valence-corrected chi connectivity index (χ1v) is 6.49. The summed E-state index contributed by atoms with van der Waals surface area (Å²) >= 11 is 0. The molecule has 1 fully saturated rings. The topological polar surface area (TPSA) is 15.3 Å². The van der Waals surface area contributed by atoms with Crippen LogP contribution < -0.4 is 10.2 Å². The van der Waals surface area contributed by atoms with E-state index in [9.17, 15) is 0 Å². The number of anilines is 1. The van der Waals surface area contributed by atoms with Gasteiger partial charge in [0.1, 0.15) is 0 Å². The van der Waals surface area contributed by atoms with Crippen LogP contribution in [0.5, 0.6) is 0 Å². The summed E-state index contributed by atoms with van der Waals surface area (Å²) < 4.78 is 0. The Morgan fingerprint density at radius 2 is 2.38 bits per heavy atom. The van der Waals surface area contributed by atoms with E-state index >= 15 is 0 Å². The Morgan fingerprint density at radius 1 is 1.44 bits per heavy atom. The summed E-state index contributed by atoms with van der Waals surface area (Å²) in [5.74, 6) is 0. The standard InChI is InChI=1S/C14H20N2/c1-2-16-9-7-12-10-11(5-6-14(12)16)13-4-3-8-15-13/h5-6,10,13,15H,2-4,7-9H2,1H3. The molecule has 2 aliphatic heterocycles. The Morgan fingerprint density at radius 3 is 3.12 bits per heavy atom. The molecule has 2 nitrogen and oxygen atoms in total. The highest BCUT2D eigenvalue weighted by Gasteiger charge is 2.21. The van der Waals surface area contributed by atoms with E-state index < -0.39 is 0 Å². The Balaban J connectivity index is 1.88. The average Bonchev–Trinajstić information content (AvgIpc) is 2.97. The van der Waals surface area contributed by atoms with Gasteiger partial charge >= 0.3 is 0 Å². The number of rotatable bonds is 2. The van der Waals surface area contributed by atoms with E-state index in [-0.39, 0.29) is 0 Å². The smallest absolute Gasteiger partial charge is 0.0399 e. The molecule has 2 heterocycles. The molecule has 2 aliphatic rings. The lowest BCUT2D eigenvalue weighted by molar-refractivity contribution is 0.647. The van der Waals surface area contributed by atoms with Crippen LogP contribution in [0.15, 0.2) is 18.2 Å². The van der Waals surface area contributed by atoms with Crippen LogP contribution in [-0.4, -0.2) is 19.6 Å². The summed E-state index contributed by atoms with van der Waals surface area (Å²) in [7, 11) is 0. The molecule has 1 N–H and O–H groups in total. The molecule has 86 valence electrons. The molecule has 16 heavy (non-hydrogen) atoms. The Labute approximate surface area is 97.6 Å². The van der Waals surface area contributed by atoms with Crippen molar-refractivity contribution in [1.29, 1.82) is 0 Å². The van der Waals surface area contributed by atoms with Crippen molar-refractivity contribution in [2.24, 2.45) is 0 Å². The monoisotopic (exact) mass is 216 g/mol. The third-order valence-corrected chi connectivity index (χ3v) is 3.94. The van der Waals surface area contributed by atoms with Gasteiger partial charge in [0.05, 0.1) is 0 Å². The quantitative estimate of drug-likeness (QED) is 0.817. The number of nitrogens with zero attached hydrogens (tertiary/aromatic N) is 1. The minimum absolute atomic E-state index is 0.612. The predicted molar refractivity (Wildman–Crippen MR) is 68.0 cm³/mol. The maximum atomic E-state index is 3.58. The van der Waals surface area contributed by atoms with Crippen LogP contribution in [0.4, 0.5) is 5.69 Å². The van der Waals surface area contributed by atoms with Gasteiger partial charge in [0.2, 0.25) is 0 Å². The van der Waals surface area contributed by atoms with Gasteiger partial charge in [-0.05, 0) is 49.9 Å². The summed E-state index contributed by atoms with van der Waals surface area (Å²) in [4.78, 5) is 2.47. The Hall–Kier alpha value is -1.02. The first kappa shape index (κ1) is 10.2. The molecule has 0 saturated carbocycles. The van der Waals surface area contributed by atoms with Crippen molar-refractivity contribution in [1.82, 2.24) is 5.32 Å². The molecule has 1 atom stereocenters. The molecular weight excluding hydrogens is 196 g/mol. The lowest BCUT2D eigenvalue weighted by Gasteiger charge is -2.17. The molecule has 0 aliphatic carbocycles. The third-order valence-electron chi connectivity index (χ3n) is 3.94. The fraction of sp³-hybridized carbons (Fsp3) is 0.571. The van der Waals surface area contributed by atoms with Crippen molar-refractivity contribution in [3.63, 3.8) is 0 Å². The molecule has 1 saturated heterocycles. The molecule has 1 unspecified atom stereocenters. The van der Waals surface area contributed by atoms with Crippen LogP contribution in [0.2, 0.25) is 0 Å². The number of benzene rings is 1. The number of hydrogen-bond donors (Lipinski definition) is 1. The molecule has 0 aromatic heterocycles. The van der Waals surface area contributed by atoms with Crippen LogP contribution in [0.1, 0.15) is 36.9 Å². The molecular formula is C14H20N2. The lowest BCUT2D eigenvalue weighted by Crippen LogP contribution is -2.19. The lowest BCUT2D eigenvalue weighted by atomic mass is 10.0. The SMILES string of the molecule is CCN1CCc2cc(C3CCCN3)ccc21. The van der Waals surface area contributed by atoms with Crippen molar-refractivity contribution >= 4 is 5.69 Å². The highest BCUT2D eigenvalue weighted by atomic mass is 15.1. The Kier molecular flexibility index (Phi) is 2.60. The van der Waals surface area contributed by atoms with Gasteiger partial charge < -0.3 is 10.2 Å². The van der Waals surface area contributed by atoms with Crippen LogP contribution >= 0.6 is 0 Å². The summed E-state index contributed by atoms with van der Waals surface area (Å²) in [6.45, 7) is 5.76. The highest BCUT2D eigenvalue weighted by Crippen LogP contribution is 2.32. The second-order valence-corrected chi connectivity index (χ2v) is 4.87. The van der Waals surface area contributed by atoms with Crippen molar-refractivity contribution in [2.45, 2.75) is 32.2 Å². The van der Waals surface area contributed by atoms with E-state index in [4.69, 9.17) is 0 Å². The van der Waals surface area contributed by atoms with Crippen molar-refractivity contribution in [2.75, 3.05) is 24.5 Å². The van der Waals surface area contributed by atoms with E-state index in [2.05, 4.69) is 35.3 Å². The zero-order chi connectivity index (χ0) is 11.0. The van der Waals surface area contributed by atoms with Gasteiger partial charge in [-0.1, -0.05) is 12.1 Å².